The molecule has 1 aliphatic heterocycles. The Morgan fingerprint density at radius 3 is 2.94 bits per heavy atom. The summed E-state index contributed by atoms with van der Waals surface area (Å²) in [7, 11) is 0. The number of fused-ring (bicyclic) bond motifs is 1. The number of alkyl halides is 1. The van der Waals surface area contributed by atoms with Crippen LogP contribution in [-0.4, -0.2) is 10.9 Å². The van der Waals surface area contributed by atoms with Crippen LogP contribution in [0, 0.1) is 11.7 Å². The fourth-order valence-corrected chi connectivity index (χ4v) is 3.16. The molecule has 3 heteroatoms. The lowest BCUT2D eigenvalue weighted by molar-refractivity contribution is 0.195. The standard InChI is InChI=1S/C14H18BrFO/c1-9(5-10(2)15)6-13-8-11-7-12(16)3-4-14(11)17-13/h3-4,7,9-10,13H,5-6,8H2,1-2H3. The molecule has 3 unspecified atom stereocenters. The van der Waals surface area contributed by atoms with Crippen LogP contribution in [0.2, 0.25) is 0 Å². The molecule has 0 aliphatic carbocycles. The molecular formula is C14H18BrFO. The Hall–Kier alpha value is -0.570. The number of halogens is 2. The second kappa shape index (κ2) is 5.38. The highest BCUT2D eigenvalue weighted by Crippen LogP contribution is 2.32. The molecule has 1 aromatic carbocycles. The van der Waals surface area contributed by atoms with Gasteiger partial charge in [-0.15, -0.1) is 0 Å². The van der Waals surface area contributed by atoms with Gasteiger partial charge < -0.3 is 4.74 Å². The van der Waals surface area contributed by atoms with Gasteiger partial charge in [-0.25, -0.2) is 4.39 Å². The lowest BCUT2D eigenvalue weighted by Crippen LogP contribution is -2.18. The fraction of sp³-hybridized carbons (Fsp3) is 0.571. The third-order valence-corrected chi connectivity index (χ3v) is 3.53. The summed E-state index contributed by atoms with van der Waals surface area (Å²) in [6.07, 6.45) is 3.23. The summed E-state index contributed by atoms with van der Waals surface area (Å²) >= 11 is 3.57. The first-order valence-corrected chi connectivity index (χ1v) is 7.05. The summed E-state index contributed by atoms with van der Waals surface area (Å²) in [5, 5.41) is 0. The lowest BCUT2D eigenvalue weighted by atomic mass is 9.96. The molecule has 1 heterocycles. The zero-order valence-corrected chi connectivity index (χ0v) is 11.8. The molecule has 94 valence electrons. The van der Waals surface area contributed by atoms with E-state index in [0.717, 1.165) is 30.6 Å². The van der Waals surface area contributed by atoms with Gasteiger partial charge in [-0.1, -0.05) is 29.8 Å². The zero-order valence-electron chi connectivity index (χ0n) is 10.2. The van der Waals surface area contributed by atoms with E-state index in [1.165, 1.54) is 6.07 Å². The van der Waals surface area contributed by atoms with Gasteiger partial charge >= 0.3 is 0 Å². The first-order valence-electron chi connectivity index (χ1n) is 6.13. The summed E-state index contributed by atoms with van der Waals surface area (Å²) in [5.74, 6) is 1.30. The Bertz CT molecular complexity index is 392. The summed E-state index contributed by atoms with van der Waals surface area (Å²) in [5.41, 5.74) is 1.01. The van der Waals surface area contributed by atoms with Crippen LogP contribution in [0.5, 0.6) is 5.75 Å². The van der Waals surface area contributed by atoms with E-state index in [2.05, 4.69) is 29.8 Å². The first-order chi connectivity index (χ1) is 8.04. The predicted molar refractivity (Wildman–Crippen MR) is 71.3 cm³/mol. The van der Waals surface area contributed by atoms with Crippen molar-refractivity contribution in [2.24, 2.45) is 5.92 Å². The summed E-state index contributed by atoms with van der Waals surface area (Å²) in [6, 6.07) is 4.79. The monoisotopic (exact) mass is 300 g/mol. The van der Waals surface area contributed by atoms with E-state index in [1.807, 2.05) is 0 Å². The van der Waals surface area contributed by atoms with Crippen molar-refractivity contribution in [1.82, 2.24) is 0 Å². The normalized spacial score (nSPS) is 21.8. The minimum absolute atomic E-state index is 0.171. The number of hydrogen-bond donors (Lipinski definition) is 0. The van der Waals surface area contributed by atoms with Gasteiger partial charge in [0.1, 0.15) is 17.7 Å². The Morgan fingerprint density at radius 1 is 1.47 bits per heavy atom. The fourth-order valence-electron chi connectivity index (χ4n) is 2.52. The van der Waals surface area contributed by atoms with Gasteiger partial charge in [0.05, 0.1) is 0 Å². The topological polar surface area (TPSA) is 9.23 Å². The zero-order chi connectivity index (χ0) is 12.4. The van der Waals surface area contributed by atoms with Crippen molar-refractivity contribution in [1.29, 1.82) is 0 Å². The minimum atomic E-state index is -0.171. The average molecular weight is 301 g/mol. The molecule has 0 fully saturated rings. The van der Waals surface area contributed by atoms with E-state index in [0.29, 0.717) is 10.7 Å². The molecule has 0 aromatic heterocycles. The van der Waals surface area contributed by atoms with Crippen LogP contribution >= 0.6 is 15.9 Å². The number of benzene rings is 1. The SMILES string of the molecule is CC(Br)CC(C)CC1Cc2cc(F)ccc2O1. The van der Waals surface area contributed by atoms with E-state index in [1.54, 1.807) is 12.1 Å². The molecule has 2 rings (SSSR count). The predicted octanol–water partition coefficient (Wildman–Crippen LogP) is 4.33. The van der Waals surface area contributed by atoms with E-state index in [-0.39, 0.29) is 11.9 Å². The van der Waals surface area contributed by atoms with Gasteiger partial charge in [-0.05, 0) is 37.0 Å². The maximum atomic E-state index is 13.1. The van der Waals surface area contributed by atoms with Crippen molar-refractivity contribution in [3.63, 3.8) is 0 Å². The van der Waals surface area contributed by atoms with Crippen molar-refractivity contribution in [2.75, 3.05) is 0 Å². The van der Waals surface area contributed by atoms with Crippen LogP contribution < -0.4 is 4.74 Å². The molecule has 0 bridgehead atoms. The van der Waals surface area contributed by atoms with Gasteiger partial charge in [0.25, 0.3) is 0 Å². The van der Waals surface area contributed by atoms with Gasteiger partial charge in [0, 0.05) is 16.8 Å². The highest BCUT2D eigenvalue weighted by molar-refractivity contribution is 9.09. The highest BCUT2D eigenvalue weighted by atomic mass is 79.9. The number of ether oxygens (including phenoxy) is 1. The Morgan fingerprint density at radius 2 is 2.24 bits per heavy atom. The Labute approximate surface area is 110 Å². The molecule has 0 N–H and O–H groups in total. The molecule has 1 aliphatic rings. The maximum absolute atomic E-state index is 13.1. The minimum Gasteiger partial charge on any atom is -0.490 e. The van der Waals surface area contributed by atoms with Crippen molar-refractivity contribution < 1.29 is 9.13 Å². The van der Waals surface area contributed by atoms with E-state index in [4.69, 9.17) is 4.74 Å². The Kier molecular flexibility index (Phi) is 4.08. The molecule has 1 nitrogen and oxygen atoms in total. The molecule has 0 radical (unpaired) electrons. The number of hydrogen-bond acceptors (Lipinski definition) is 1. The molecule has 0 saturated carbocycles. The third-order valence-electron chi connectivity index (χ3n) is 3.16. The molecule has 3 atom stereocenters. The summed E-state index contributed by atoms with van der Waals surface area (Å²) in [4.78, 5) is 0.540. The molecule has 17 heavy (non-hydrogen) atoms. The molecule has 0 spiro atoms. The van der Waals surface area contributed by atoms with Crippen molar-refractivity contribution in [3.8, 4) is 5.75 Å². The van der Waals surface area contributed by atoms with E-state index in [9.17, 15) is 4.39 Å². The quantitative estimate of drug-likeness (QED) is 0.752. The molecular weight excluding hydrogens is 283 g/mol. The second-order valence-corrected chi connectivity index (χ2v) is 6.62. The number of rotatable bonds is 4. The summed E-state index contributed by atoms with van der Waals surface area (Å²) in [6.45, 7) is 4.40. The smallest absolute Gasteiger partial charge is 0.123 e. The van der Waals surface area contributed by atoms with Crippen LogP contribution in [0.25, 0.3) is 0 Å². The van der Waals surface area contributed by atoms with Crippen molar-refractivity contribution in [2.45, 2.75) is 44.0 Å². The van der Waals surface area contributed by atoms with Crippen LogP contribution in [0.15, 0.2) is 18.2 Å². The maximum Gasteiger partial charge on any atom is 0.123 e. The largest absolute Gasteiger partial charge is 0.490 e. The average Bonchev–Trinajstić information content (AvgIpc) is 2.57. The van der Waals surface area contributed by atoms with E-state index < -0.39 is 0 Å². The second-order valence-electron chi connectivity index (χ2n) is 5.05. The van der Waals surface area contributed by atoms with Crippen LogP contribution in [-0.2, 0) is 6.42 Å². The van der Waals surface area contributed by atoms with Gasteiger partial charge in [0.2, 0.25) is 0 Å². The Balaban J connectivity index is 1.92. The van der Waals surface area contributed by atoms with Crippen molar-refractivity contribution in [3.05, 3.63) is 29.6 Å². The first kappa shape index (κ1) is 12.9. The highest BCUT2D eigenvalue weighted by Gasteiger charge is 2.25. The summed E-state index contributed by atoms with van der Waals surface area (Å²) < 4.78 is 18.9. The van der Waals surface area contributed by atoms with Gasteiger partial charge in [0.15, 0.2) is 0 Å². The van der Waals surface area contributed by atoms with Gasteiger partial charge in [-0.3, -0.25) is 0 Å². The van der Waals surface area contributed by atoms with Crippen LogP contribution in [0.4, 0.5) is 4.39 Å². The van der Waals surface area contributed by atoms with Crippen LogP contribution in [0.1, 0.15) is 32.3 Å². The van der Waals surface area contributed by atoms with Crippen molar-refractivity contribution >= 4 is 15.9 Å². The lowest BCUT2D eigenvalue weighted by Gasteiger charge is -2.17. The molecule has 0 saturated heterocycles. The van der Waals surface area contributed by atoms with Crippen LogP contribution in [0.3, 0.4) is 0 Å². The van der Waals surface area contributed by atoms with Gasteiger partial charge in [-0.2, -0.15) is 0 Å². The van der Waals surface area contributed by atoms with E-state index >= 15 is 0 Å². The molecule has 0 amide bonds. The third kappa shape index (κ3) is 3.44. The molecule has 1 aromatic rings.